The molecule has 3 N–H and O–H groups in total. The van der Waals surface area contributed by atoms with Gasteiger partial charge in [0.25, 0.3) is 0 Å². The predicted octanol–water partition coefficient (Wildman–Crippen LogP) is 5.05. The second kappa shape index (κ2) is 11.5. The number of hydrogen-bond donors (Lipinski definition) is 2. The van der Waals surface area contributed by atoms with Gasteiger partial charge in [-0.25, -0.2) is 14.6 Å². The fraction of sp³-hybridized carbons (Fsp3) is 0.267. The number of ether oxygens (including phenoxy) is 2. The van der Waals surface area contributed by atoms with Crippen LogP contribution in [0.15, 0.2) is 66.9 Å². The van der Waals surface area contributed by atoms with E-state index in [0.29, 0.717) is 42.9 Å². The Morgan fingerprint density at radius 2 is 1.77 bits per heavy atom. The number of aromatic nitrogens is 3. The number of carbonyl (C=O) groups is 2. The number of carboxylic acid groups (broad SMARTS) is 1. The van der Waals surface area contributed by atoms with Crippen LogP contribution in [0.5, 0.6) is 5.75 Å². The van der Waals surface area contributed by atoms with Crippen molar-refractivity contribution in [1.29, 1.82) is 0 Å². The number of carbonyl (C=O) groups excluding carboxylic acids is 1. The lowest BCUT2D eigenvalue weighted by Crippen LogP contribution is -2.37. The minimum Gasteiger partial charge on any atom is -0.488 e. The van der Waals surface area contributed by atoms with Gasteiger partial charge < -0.3 is 25.2 Å². The maximum atomic E-state index is 11.8. The van der Waals surface area contributed by atoms with Crippen molar-refractivity contribution >= 4 is 17.9 Å². The molecule has 1 saturated heterocycles. The summed E-state index contributed by atoms with van der Waals surface area (Å²) in [5, 5.41) is 13.4. The summed E-state index contributed by atoms with van der Waals surface area (Å²) in [6.45, 7) is 3.76. The van der Waals surface area contributed by atoms with Crippen molar-refractivity contribution in [2.45, 2.75) is 32.3 Å². The van der Waals surface area contributed by atoms with Gasteiger partial charge in [-0.15, -0.1) is 0 Å². The number of anilines is 1. The van der Waals surface area contributed by atoms with Crippen molar-refractivity contribution in [2.24, 2.45) is 0 Å². The van der Waals surface area contributed by atoms with Crippen LogP contribution in [-0.4, -0.2) is 57.0 Å². The van der Waals surface area contributed by atoms with Gasteiger partial charge in [0, 0.05) is 18.7 Å². The Bertz CT molecular complexity index is 1520. The summed E-state index contributed by atoms with van der Waals surface area (Å²) in [6.07, 6.45) is 2.77. The maximum absolute atomic E-state index is 11.8. The number of carboxylic acids is 1. The summed E-state index contributed by atoms with van der Waals surface area (Å²) in [4.78, 5) is 29.6. The third-order valence-corrected chi connectivity index (χ3v) is 7.24. The van der Waals surface area contributed by atoms with Crippen molar-refractivity contribution in [3.8, 4) is 22.8 Å². The molecule has 10 heteroatoms. The number of nitrogens with zero attached hydrogens (tertiary/aromatic N) is 4. The Morgan fingerprint density at radius 1 is 1.05 bits per heavy atom. The molecule has 3 heterocycles. The SMILES string of the molecule is COC(=O)N1CCC(c2ccc(COc3c(C)cccc3-c3cccc(-n4ncc(C(=O)O)c4N)n3)cc2)CC1. The fourth-order valence-corrected chi connectivity index (χ4v) is 5.01. The Kier molecular flexibility index (Phi) is 7.68. The van der Waals surface area contributed by atoms with Crippen LogP contribution >= 0.6 is 0 Å². The number of pyridine rings is 1. The Hall–Kier alpha value is -4.86. The van der Waals surface area contributed by atoms with Gasteiger partial charge in [-0.3, -0.25) is 0 Å². The van der Waals surface area contributed by atoms with E-state index in [9.17, 15) is 14.7 Å². The first kappa shape index (κ1) is 26.7. The smallest absolute Gasteiger partial charge is 0.409 e. The molecular weight excluding hydrogens is 510 g/mol. The summed E-state index contributed by atoms with van der Waals surface area (Å²) in [5.41, 5.74) is 10.6. The zero-order chi connectivity index (χ0) is 28.2. The lowest BCUT2D eigenvalue weighted by molar-refractivity contribution is 0.0698. The Balaban J connectivity index is 1.31. The third-order valence-electron chi connectivity index (χ3n) is 7.24. The van der Waals surface area contributed by atoms with Gasteiger partial charge in [0.05, 0.1) is 19.0 Å². The van der Waals surface area contributed by atoms with Crippen LogP contribution in [0.25, 0.3) is 17.1 Å². The van der Waals surface area contributed by atoms with E-state index < -0.39 is 5.97 Å². The summed E-state index contributed by atoms with van der Waals surface area (Å²) in [6, 6.07) is 19.7. The molecule has 4 aromatic rings. The minimum absolute atomic E-state index is 0.00957. The molecule has 0 atom stereocenters. The van der Waals surface area contributed by atoms with Crippen LogP contribution in [0.3, 0.4) is 0 Å². The van der Waals surface area contributed by atoms with Crippen LogP contribution in [-0.2, 0) is 11.3 Å². The van der Waals surface area contributed by atoms with Gasteiger partial charge in [-0.05, 0) is 60.6 Å². The van der Waals surface area contributed by atoms with E-state index in [1.807, 2.05) is 37.3 Å². The predicted molar refractivity (Wildman–Crippen MR) is 150 cm³/mol. The zero-order valence-corrected chi connectivity index (χ0v) is 22.4. The first-order valence-electron chi connectivity index (χ1n) is 13.0. The zero-order valence-electron chi connectivity index (χ0n) is 22.4. The van der Waals surface area contributed by atoms with Crippen molar-refractivity contribution in [1.82, 2.24) is 19.7 Å². The molecular formula is C30H31N5O5. The van der Waals surface area contributed by atoms with Crippen molar-refractivity contribution in [3.63, 3.8) is 0 Å². The van der Waals surface area contributed by atoms with Gasteiger partial charge in [0.1, 0.15) is 23.7 Å². The number of nitrogens with two attached hydrogens (primary N) is 1. The molecule has 1 fully saturated rings. The molecule has 0 saturated carbocycles. The lowest BCUT2D eigenvalue weighted by atomic mass is 9.89. The van der Waals surface area contributed by atoms with E-state index in [1.54, 1.807) is 11.0 Å². The number of hydrogen-bond acceptors (Lipinski definition) is 7. The highest BCUT2D eigenvalue weighted by Gasteiger charge is 2.24. The highest BCUT2D eigenvalue weighted by atomic mass is 16.5. The van der Waals surface area contributed by atoms with Crippen molar-refractivity contribution in [2.75, 3.05) is 25.9 Å². The molecule has 10 nitrogen and oxygen atoms in total. The van der Waals surface area contributed by atoms with Crippen molar-refractivity contribution < 1.29 is 24.2 Å². The third kappa shape index (κ3) is 5.47. The molecule has 1 aliphatic rings. The Morgan fingerprint density at radius 3 is 2.45 bits per heavy atom. The molecule has 0 aliphatic carbocycles. The standard InChI is InChI=1S/C30H31N5O5/c1-19-5-3-6-23(25-7-4-8-26(33-25)35-28(31)24(17-32-35)29(36)37)27(19)40-18-20-9-11-21(12-10-20)22-13-15-34(16-14-22)30(38)39-2/h3-12,17,22H,13-16,18,31H2,1-2H3,(H,36,37). The number of aromatic carboxylic acids is 1. The molecule has 5 rings (SSSR count). The van der Waals surface area contributed by atoms with Gasteiger partial charge in [-0.1, -0.05) is 42.5 Å². The highest BCUT2D eigenvalue weighted by molar-refractivity contribution is 5.92. The number of rotatable bonds is 7. The summed E-state index contributed by atoms with van der Waals surface area (Å²) >= 11 is 0. The molecule has 0 bridgehead atoms. The van der Waals surface area contributed by atoms with E-state index in [-0.39, 0.29) is 17.5 Å². The number of likely N-dealkylation sites (tertiary alicyclic amines) is 1. The first-order chi connectivity index (χ1) is 19.4. The van der Waals surface area contributed by atoms with Crippen LogP contribution in [0, 0.1) is 6.92 Å². The average Bonchev–Trinajstić information content (AvgIpc) is 3.38. The van der Waals surface area contributed by atoms with Gasteiger partial charge in [-0.2, -0.15) is 9.78 Å². The molecule has 1 amide bonds. The molecule has 0 unspecified atom stereocenters. The summed E-state index contributed by atoms with van der Waals surface area (Å²) in [7, 11) is 1.42. The molecule has 0 radical (unpaired) electrons. The molecule has 2 aromatic heterocycles. The quantitative estimate of drug-likeness (QED) is 0.332. The number of aryl methyl sites for hydroxylation is 1. The Labute approximate surface area is 232 Å². The fourth-order valence-electron chi connectivity index (χ4n) is 5.01. The lowest BCUT2D eigenvalue weighted by Gasteiger charge is -2.31. The summed E-state index contributed by atoms with van der Waals surface area (Å²) in [5.74, 6) is 0.392. The monoisotopic (exact) mass is 541 g/mol. The number of amides is 1. The molecule has 206 valence electrons. The largest absolute Gasteiger partial charge is 0.488 e. The van der Waals surface area contributed by atoms with Crippen molar-refractivity contribution in [3.05, 3.63) is 89.1 Å². The van der Waals surface area contributed by atoms with Gasteiger partial charge in [0.15, 0.2) is 5.82 Å². The second-order valence-corrected chi connectivity index (χ2v) is 9.75. The number of benzene rings is 2. The van der Waals surface area contributed by atoms with E-state index in [2.05, 4.69) is 29.4 Å². The van der Waals surface area contributed by atoms with E-state index in [0.717, 1.165) is 29.5 Å². The van der Waals surface area contributed by atoms with Crippen LogP contribution in [0.1, 0.15) is 45.8 Å². The summed E-state index contributed by atoms with van der Waals surface area (Å²) < 4.78 is 12.5. The minimum atomic E-state index is -1.15. The molecule has 2 aromatic carbocycles. The number of para-hydroxylation sites is 1. The first-order valence-corrected chi connectivity index (χ1v) is 13.0. The topological polar surface area (TPSA) is 133 Å². The normalized spacial score (nSPS) is 13.7. The van der Waals surface area contributed by atoms with Crippen LogP contribution in [0.4, 0.5) is 10.6 Å². The van der Waals surface area contributed by atoms with Crippen LogP contribution in [0.2, 0.25) is 0 Å². The second-order valence-electron chi connectivity index (χ2n) is 9.75. The molecule has 40 heavy (non-hydrogen) atoms. The average molecular weight is 542 g/mol. The molecule has 0 spiro atoms. The van der Waals surface area contributed by atoms with Crippen LogP contribution < -0.4 is 10.5 Å². The highest BCUT2D eigenvalue weighted by Crippen LogP contribution is 2.34. The van der Waals surface area contributed by atoms with Gasteiger partial charge >= 0.3 is 12.1 Å². The van der Waals surface area contributed by atoms with Gasteiger partial charge in [0.2, 0.25) is 0 Å². The van der Waals surface area contributed by atoms with E-state index >= 15 is 0 Å². The number of piperidine rings is 1. The number of methoxy groups -OCH3 is 1. The van der Waals surface area contributed by atoms with E-state index in [1.165, 1.54) is 23.6 Å². The number of nitrogen functional groups attached to an aromatic ring is 1. The molecule has 1 aliphatic heterocycles. The maximum Gasteiger partial charge on any atom is 0.409 e. The van der Waals surface area contributed by atoms with E-state index in [4.69, 9.17) is 20.2 Å².